The number of carbonyl (C=O) groups excluding carboxylic acids is 1. The van der Waals surface area contributed by atoms with Crippen LogP contribution in [-0.4, -0.2) is 13.1 Å². The van der Waals surface area contributed by atoms with Crippen molar-refractivity contribution in [1.82, 2.24) is 0 Å². The molecule has 1 aromatic carbocycles. The number of carbonyl (C=O) groups is 1. The SMILES string of the molecule is COC(=O)[C@H](N)c1c(F)cccc1F.Cl. The number of hydrogen-bond donors (Lipinski definition) is 1. The molecule has 0 spiro atoms. The molecule has 0 saturated carbocycles. The summed E-state index contributed by atoms with van der Waals surface area (Å²) in [5, 5.41) is 0. The van der Waals surface area contributed by atoms with Crippen molar-refractivity contribution in [3.63, 3.8) is 0 Å². The molecule has 0 aliphatic rings. The minimum Gasteiger partial charge on any atom is -0.468 e. The van der Waals surface area contributed by atoms with E-state index < -0.39 is 29.2 Å². The summed E-state index contributed by atoms with van der Waals surface area (Å²) in [5.74, 6) is -2.60. The van der Waals surface area contributed by atoms with Gasteiger partial charge < -0.3 is 10.5 Å². The molecule has 0 aromatic heterocycles. The van der Waals surface area contributed by atoms with E-state index in [4.69, 9.17) is 5.73 Å². The van der Waals surface area contributed by atoms with Gasteiger partial charge in [-0.25, -0.2) is 8.78 Å². The quantitative estimate of drug-likeness (QED) is 0.795. The molecule has 6 heteroatoms. The average molecular weight is 238 g/mol. The Kier molecular flexibility index (Phi) is 5.18. The second-order valence-electron chi connectivity index (χ2n) is 2.64. The molecule has 1 aromatic rings. The van der Waals surface area contributed by atoms with Crippen LogP contribution in [0.2, 0.25) is 0 Å². The molecule has 0 saturated heterocycles. The second-order valence-corrected chi connectivity index (χ2v) is 2.64. The number of ether oxygens (including phenoxy) is 1. The first-order chi connectivity index (χ1) is 6.57. The van der Waals surface area contributed by atoms with Crippen LogP contribution in [0, 0.1) is 11.6 Å². The maximum atomic E-state index is 13.1. The fourth-order valence-corrected chi connectivity index (χ4v) is 1.05. The van der Waals surface area contributed by atoms with Gasteiger partial charge in [-0.15, -0.1) is 12.4 Å². The van der Waals surface area contributed by atoms with Crippen molar-refractivity contribution in [2.75, 3.05) is 7.11 Å². The van der Waals surface area contributed by atoms with Crippen LogP contribution in [0.4, 0.5) is 8.78 Å². The maximum absolute atomic E-state index is 13.1. The van der Waals surface area contributed by atoms with Crippen LogP contribution in [-0.2, 0) is 9.53 Å². The highest BCUT2D eigenvalue weighted by atomic mass is 35.5. The Morgan fingerprint density at radius 3 is 2.27 bits per heavy atom. The summed E-state index contributed by atoms with van der Waals surface area (Å²) in [7, 11) is 1.10. The zero-order valence-corrected chi connectivity index (χ0v) is 8.68. The monoisotopic (exact) mass is 237 g/mol. The Morgan fingerprint density at radius 2 is 1.87 bits per heavy atom. The predicted molar refractivity (Wildman–Crippen MR) is 52.6 cm³/mol. The van der Waals surface area contributed by atoms with Gasteiger partial charge in [-0.3, -0.25) is 4.79 Å². The first-order valence-electron chi connectivity index (χ1n) is 3.85. The van der Waals surface area contributed by atoms with Crippen molar-refractivity contribution >= 4 is 18.4 Å². The van der Waals surface area contributed by atoms with Crippen molar-refractivity contribution in [2.24, 2.45) is 5.73 Å². The topological polar surface area (TPSA) is 52.3 Å². The number of benzene rings is 1. The number of methoxy groups -OCH3 is 1. The first-order valence-corrected chi connectivity index (χ1v) is 3.85. The van der Waals surface area contributed by atoms with E-state index in [1.807, 2.05) is 0 Å². The molecular weight excluding hydrogens is 228 g/mol. The van der Waals surface area contributed by atoms with Crippen molar-refractivity contribution in [3.8, 4) is 0 Å². The number of rotatable bonds is 2. The molecule has 3 nitrogen and oxygen atoms in total. The second kappa shape index (κ2) is 5.63. The van der Waals surface area contributed by atoms with Crippen LogP contribution in [0.1, 0.15) is 11.6 Å². The van der Waals surface area contributed by atoms with Crippen LogP contribution in [0.3, 0.4) is 0 Å². The fourth-order valence-electron chi connectivity index (χ4n) is 1.05. The lowest BCUT2D eigenvalue weighted by molar-refractivity contribution is -0.142. The Hall–Kier alpha value is -1.20. The van der Waals surface area contributed by atoms with Crippen LogP contribution in [0.5, 0.6) is 0 Å². The molecule has 15 heavy (non-hydrogen) atoms. The highest BCUT2D eigenvalue weighted by molar-refractivity contribution is 5.85. The van der Waals surface area contributed by atoms with Crippen LogP contribution >= 0.6 is 12.4 Å². The molecule has 0 fully saturated rings. The normalized spacial score (nSPS) is 11.5. The summed E-state index contributed by atoms with van der Waals surface area (Å²) in [6.07, 6.45) is 0. The number of esters is 1. The van der Waals surface area contributed by atoms with E-state index in [0.29, 0.717) is 0 Å². The Bertz CT molecular complexity index is 340. The lowest BCUT2D eigenvalue weighted by Gasteiger charge is -2.10. The highest BCUT2D eigenvalue weighted by Gasteiger charge is 2.23. The molecule has 0 amide bonds. The standard InChI is InChI=1S/C9H9F2NO2.ClH/c1-14-9(13)8(12)7-5(10)3-2-4-6(7)11;/h2-4,8H,12H2,1H3;1H/t8-;/m1./s1. The van der Waals surface area contributed by atoms with Gasteiger partial charge in [-0.05, 0) is 12.1 Å². The van der Waals surface area contributed by atoms with Gasteiger partial charge >= 0.3 is 5.97 Å². The number of halogens is 3. The van der Waals surface area contributed by atoms with E-state index in [9.17, 15) is 13.6 Å². The Balaban J connectivity index is 0.00000196. The Labute approximate surface area is 91.6 Å². The average Bonchev–Trinajstić information content (AvgIpc) is 2.16. The maximum Gasteiger partial charge on any atom is 0.327 e. The van der Waals surface area contributed by atoms with Gasteiger partial charge in [-0.1, -0.05) is 6.07 Å². The third-order valence-electron chi connectivity index (χ3n) is 1.77. The van der Waals surface area contributed by atoms with E-state index in [-0.39, 0.29) is 12.4 Å². The van der Waals surface area contributed by atoms with Crippen molar-refractivity contribution in [2.45, 2.75) is 6.04 Å². The van der Waals surface area contributed by atoms with Gasteiger partial charge in [0.25, 0.3) is 0 Å². The molecule has 0 bridgehead atoms. The molecule has 2 N–H and O–H groups in total. The minimum atomic E-state index is -1.43. The van der Waals surface area contributed by atoms with Gasteiger partial charge in [0.1, 0.15) is 17.7 Å². The van der Waals surface area contributed by atoms with Crippen molar-refractivity contribution in [1.29, 1.82) is 0 Å². The van der Waals surface area contributed by atoms with Gasteiger partial charge in [0.05, 0.1) is 12.7 Å². The third-order valence-corrected chi connectivity index (χ3v) is 1.77. The predicted octanol–water partition coefficient (Wildman–Crippen LogP) is 1.56. The number of hydrogen-bond acceptors (Lipinski definition) is 3. The van der Waals surface area contributed by atoms with Crippen LogP contribution in [0.15, 0.2) is 18.2 Å². The highest BCUT2D eigenvalue weighted by Crippen LogP contribution is 2.19. The molecule has 0 heterocycles. The lowest BCUT2D eigenvalue weighted by Crippen LogP contribution is -2.24. The van der Waals surface area contributed by atoms with E-state index in [1.165, 1.54) is 6.07 Å². The largest absolute Gasteiger partial charge is 0.468 e. The van der Waals surface area contributed by atoms with Gasteiger partial charge in [0.2, 0.25) is 0 Å². The minimum absolute atomic E-state index is 0. The summed E-state index contributed by atoms with van der Waals surface area (Å²) in [6, 6.07) is 1.82. The van der Waals surface area contributed by atoms with Crippen LogP contribution < -0.4 is 5.73 Å². The van der Waals surface area contributed by atoms with Gasteiger partial charge in [0, 0.05) is 0 Å². The number of nitrogens with two attached hydrogens (primary N) is 1. The van der Waals surface area contributed by atoms with Crippen molar-refractivity contribution < 1.29 is 18.3 Å². The molecule has 1 atom stereocenters. The lowest BCUT2D eigenvalue weighted by atomic mass is 10.1. The van der Waals surface area contributed by atoms with E-state index in [0.717, 1.165) is 19.2 Å². The summed E-state index contributed by atoms with van der Waals surface area (Å²) < 4.78 is 30.4. The summed E-state index contributed by atoms with van der Waals surface area (Å²) in [4.78, 5) is 10.9. The van der Waals surface area contributed by atoms with Gasteiger partial charge in [0.15, 0.2) is 0 Å². The fraction of sp³-hybridized carbons (Fsp3) is 0.222. The molecule has 0 aliphatic heterocycles. The molecule has 1 rings (SSSR count). The molecule has 0 unspecified atom stereocenters. The zero-order valence-electron chi connectivity index (χ0n) is 7.87. The van der Waals surface area contributed by atoms with Crippen LogP contribution in [0.25, 0.3) is 0 Å². The van der Waals surface area contributed by atoms with E-state index in [2.05, 4.69) is 4.74 Å². The molecular formula is C9H10ClF2NO2. The van der Waals surface area contributed by atoms with E-state index >= 15 is 0 Å². The third kappa shape index (κ3) is 2.87. The summed E-state index contributed by atoms with van der Waals surface area (Å²) >= 11 is 0. The Morgan fingerprint density at radius 1 is 1.40 bits per heavy atom. The van der Waals surface area contributed by atoms with Crippen molar-refractivity contribution in [3.05, 3.63) is 35.4 Å². The smallest absolute Gasteiger partial charge is 0.327 e. The molecule has 0 radical (unpaired) electrons. The molecule has 0 aliphatic carbocycles. The van der Waals surface area contributed by atoms with Gasteiger partial charge in [-0.2, -0.15) is 0 Å². The van der Waals surface area contributed by atoms with E-state index in [1.54, 1.807) is 0 Å². The summed E-state index contributed by atoms with van der Waals surface area (Å²) in [6.45, 7) is 0. The summed E-state index contributed by atoms with van der Waals surface area (Å²) in [5.41, 5.74) is 4.82. The zero-order chi connectivity index (χ0) is 10.7. The molecule has 84 valence electrons. The first kappa shape index (κ1) is 13.8.